The molecule has 0 saturated heterocycles. The first-order chi connectivity index (χ1) is 9.10. The third-order valence-corrected chi connectivity index (χ3v) is 3.63. The summed E-state index contributed by atoms with van der Waals surface area (Å²) in [5, 5.41) is 0. The Morgan fingerprint density at radius 1 is 1.11 bits per heavy atom. The fraction of sp³-hybridized carbons (Fsp3) is 0.188. The lowest BCUT2D eigenvalue weighted by Crippen LogP contribution is -2.00. The van der Waals surface area contributed by atoms with E-state index >= 15 is 0 Å². The number of aryl methyl sites for hydroxylation is 2. The fourth-order valence-corrected chi connectivity index (χ4v) is 2.38. The van der Waals surface area contributed by atoms with Crippen LogP contribution >= 0.6 is 22.6 Å². The summed E-state index contributed by atoms with van der Waals surface area (Å²) in [6.45, 7) is 4.46. The van der Waals surface area contributed by atoms with Gasteiger partial charge in [-0.2, -0.15) is 0 Å². The molecule has 0 aliphatic heterocycles. The molecule has 2 nitrogen and oxygen atoms in total. The summed E-state index contributed by atoms with van der Waals surface area (Å²) in [5.41, 5.74) is 3.82. The van der Waals surface area contributed by atoms with Crippen molar-refractivity contribution in [2.45, 2.75) is 20.5 Å². The number of benzene rings is 2. The fourth-order valence-electron chi connectivity index (χ4n) is 2.02. The van der Waals surface area contributed by atoms with E-state index in [0.29, 0.717) is 12.2 Å². The molecule has 0 spiro atoms. The highest BCUT2D eigenvalue weighted by Gasteiger charge is 2.06. The standard InChI is InChI=1S/C16H15IO2/c1-11-7-14(9-18)8-12(2)16(11)19-10-13-3-5-15(17)6-4-13/h3-9H,10H2,1-2H3. The summed E-state index contributed by atoms with van der Waals surface area (Å²) in [7, 11) is 0. The molecule has 0 unspecified atom stereocenters. The minimum Gasteiger partial charge on any atom is -0.488 e. The van der Waals surface area contributed by atoms with Crippen LogP contribution in [0.25, 0.3) is 0 Å². The summed E-state index contributed by atoms with van der Waals surface area (Å²) in [5.74, 6) is 0.865. The van der Waals surface area contributed by atoms with Crippen molar-refractivity contribution < 1.29 is 9.53 Å². The molecule has 0 aromatic heterocycles. The molecule has 2 aromatic rings. The lowest BCUT2D eigenvalue weighted by Gasteiger charge is -2.13. The zero-order chi connectivity index (χ0) is 13.8. The highest BCUT2D eigenvalue weighted by atomic mass is 127. The van der Waals surface area contributed by atoms with Crippen molar-refractivity contribution in [3.8, 4) is 5.75 Å². The molecule has 0 N–H and O–H groups in total. The molecule has 2 aromatic carbocycles. The van der Waals surface area contributed by atoms with E-state index in [9.17, 15) is 4.79 Å². The summed E-state index contributed by atoms with van der Waals surface area (Å²) in [6.07, 6.45) is 0.864. The number of rotatable bonds is 4. The van der Waals surface area contributed by atoms with Crippen LogP contribution < -0.4 is 4.74 Å². The van der Waals surface area contributed by atoms with Crippen molar-refractivity contribution in [1.82, 2.24) is 0 Å². The van der Waals surface area contributed by atoms with Gasteiger partial charge in [0.25, 0.3) is 0 Å². The minimum atomic E-state index is 0.541. The Labute approximate surface area is 126 Å². The second-order valence-electron chi connectivity index (χ2n) is 4.52. The van der Waals surface area contributed by atoms with Crippen LogP contribution in [-0.4, -0.2) is 6.29 Å². The molecule has 19 heavy (non-hydrogen) atoms. The van der Waals surface area contributed by atoms with Crippen molar-refractivity contribution in [3.05, 3.63) is 62.2 Å². The largest absolute Gasteiger partial charge is 0.488 e. The van der Waals surface area contributed by atoms with E-state index in [4.69, 9.17) is 4.74 Å². The zero-order valence-corrected chi connectivity index (χ0v) is 13.1. The Hall–Kier alpha value is -1.36. The monoisotopic (exact) mass is 366 g/mol. The lowest BCUT2D eigenvalue weighted by atomic mass is 10.1. The van der Waals surface area contributed by atoms with Gasteiger partial charge in [0.15, 0.2) is 0 Å². The average Bonchev–Trinajstić information content (AvgIpc) is 2.39. The van der Waals surface area contributed by atoms with Gasteiger partial charge in [-0.15, -0.1) is 0 Å². The molecule has 98 valence electrons. The van der Waals surface area contributed by atoms with Gasteiger partial charge < -0.3 is 4.74 Å². The van der Waals surface area contributed by atoms with Crippen LogP contribution in [0, 0.1) is 17.4 Å². The molecule has 0 aliphatic rings. The van der Waals surface area contributed by atoms with Gasteiger partial charge in [0, 0.05) is 9.13 Å². The lowest BCUT2D eigenvalue weighted by molar-refractivity contribution is 0.112. The number of aldehydes is 1. The summed E-state index contributed by atoms with van der Waals surface area (Å²) >= 11 is 2.28. The molecule has 0 heterocycles. The Balaban J connectivity index is 2.15. The van der Waals surface area contributed by atoms with E-state index < -0.39 is 0 Å². The van der Waals surface area contributed by atoms with Crippen molar-refractivity contribution >= 4 is 28.9 Å². The molecule has 2 rings (SSSR count). The zero-order valence-electron chi connectivity index (χ0n) is 10.9. The second-order valence-corrected chi connectivity index (χ2v) is 5.76. The van der Waals surface area contributed by atoms with Crippen molar-refractivity contribution in [2.24, 2.45) is 0 Å². The smallest absolute Gasteiger partial charge is 0.150 e. The predicted octanol–water partition coefficient (Wildman–Crippen LogP) is 4.30. The van der Waals surface area contributed by atoms with E-state index in [1.165, 1.54) is 3.57 Å². The number of carbonyl (C=O) groups is 1. The molecule has 0 radical (unpaired) electrons. The number of carbonyl (C=O) groups excluding carboxylic acids is 1. The normalized spacial score (nSPS) is 10.3. The molecular formula is C16H15IO2. The maximum absolute atomic E-state index is 10.8. The Bertz CT molecular complexity index is 565. The van der Waals surface area contributed by atoms with E-state index in [0.717, 1.165) is 28.7 Å². The topological polar surface area (TPSA) is 26.3 Å². The average molecular weight is 366 g/mol. The Morgan fingerprint density at radius 3 is 2.21 bits per heavy atom. The number of hydrogen-bond donors (Lipinski definition) is 0. The quantitative estimate of drug-likeness (QED) is 0.596. The van der Waals surface area contributed by atoms with Crippen LogP contribution in [0.1, 0.15) is 27.0 Å². The van der Waals surface area contributed by atoms with E-state index in [-0.39, 0.29) is 0 Å². The van der Waals surface area contributed by atoms with Gasteiger partial charge in [0.1, 0.15) is 18.6 Å². The molecule has 0 amide bonds. The van der Waals surface area contributed by atoms with Crippen LogP contribution in [0.3, 0.4) is 0 Å². The number of ether oxygens (including phenoxy) is 1. The van der Waals surface area contributed by atoms with Crippen LogP contribution in [0.15, 0.2) is 36.4 Å². The first-order valence-corrected chi connectivity index (χ1v) is 7.11. The van der Waals surface area contributed by atoms with Gasteiger partial charge >= 0.3 is 0 Å². The first kappa shape index (κ1) is 14.1. The summed E-state index contributed by atoms with van der Waals surface area (Å²) < 4.78 is 7.09. The molecular weight excluding hydrogens is 351 g/mol. The van der Waals surface area contributed by atoms with Crippen molar-refractivity contribution in [2.75, 3.05) is 0 Å². The SMILES string of the molecule is Cc1cc(C=O)cc(C)c1OCc1ccc(I)cc1. The van der Waals surface area contributed by atoms with Crippen LogP contribution in [-0.2, 0) is 6.61 Å². The minimum absolute atomic E-state index is 0.541. The van der Waals surface area contributed by atoms with Gasteiger partial charge in [0.2, 0.25) is 0 Å². The van der Waals surface area contributed by atoms with Crippen molar-refractivity contribution in [3.63, 3.8) is 0 Å². The highest BCUT2D eigenvalue weighted by Crippen LogP contribution is 2.25. The second kappa shape index (κ2) is 6.19. The number of hydrogen-bond acceptors (Lipinski definition) is 2. The molecule has 0 fully saturated rings. The van der Waals surface area contributed by atoms with Crippen LogP contribution in [0.2, 0.25) is 0 Å². The van der Waals surface area contributed by atoms with Crippen LogP contribution in [0.5, 0.6) is 5.75 Å². The van der Waals surface area contributed by atoms with Gasteiger partial charge in [-0.3, -0.25) is 4.79 Å². The van der Waals surface area contributed by atoms with E-state index in [1.807, 2.05) is 26.0 Å². The Morgan fingerprint density at radius 2 is 1.68 bits per heavy atom. The Kier molecular flexibility index (Phi) is 4.58. The van der Waals surface area contributed by atoms with E-state index in [2.05, 4.69) is 46.9 Å². The molecule has 0 aliphatic carbocycles. The maximum Gasteiger partial charge on any atom is 0.150 e. The third kappa shape index (κ3) is 3.56. The van der Waals surface area contributed by atoms with E-state index in [1.54, 1.807) is 0 Å². The first-order valence-electron chi connectivity index (χ1n) is 6.04. The summed E-state index contributed by atoms with van der Waals surface area (Å²) in [6, 6.07) is 12.0. The highest BCUT2D eigenvalue weighted by molar-refractivity contribution is 14.1. The van der Waals surface area contributed by atoms with Gasteiger partial charge in [-0.1, -0.05) is 12.1 Å². The third-order valence-electron chi connectivity index (χ3n) is 2.92. The van der Waals surface area contributed by atoms with Gasteiger partial charge in [0.05, 0.1) is 0 Å². The summed E-state index contributed by atoms with van der Waals surface area (Å²) in [4.78, 5) is 10.8. The molecule has 0 atom stereocenters. The molecule has 0 bridgehead atoms. The van der Waals surface area contributed by atoms with Gasteiger partial charge in [-0.25, -0.2) is 0 Å². The maximum atomic E-state index is 10.8. The van der Waals surface area contributed by atoms with Crippen LogP contribution in [0.4, 0.5) is 0 Å². The molecule has 3 heteroatoms. The molecule has 0 saturated carbocycles. The van der Waals surface area contributed by atoms with Crippen molar-refractivity contribution in [1.29, 1.82) is 0 Å². The van der Waals surface area contributed by atoms with Gasteiger partial charge in [-0.05, 0) is 77.4 Å². The predicted molar refractivity (Wildman–Crippen MR) is 84.8 cm³/mol. The number of halogens is 1.